The van der Waals surface area contributed by atoms with Gasteiger partial charge in [-0.25, -0.2) is 0 Å². The van der Waals surface area contributed by atoms with Crippen LogP contribution < -0.4 is 10.2 Å². The van der Waals surface area contributed by atoms with Crippen molar-refractivity contribution in [3.05, 3.63) is 29.8 Å². The Morgan fingerprint density at radius 1 is 1.26 bits per heavy atom. The zero-order chi connectivity index (χ0) is 12.8. The molecule has 3 aliphatic rings. The first-order valence-corrected chi connectivity index (χ1v) is 7.88. The molecule has 1 aromatic carbocycles. The van der Waals surface area contributed by atoms with Crippen molar-refractivity contribution >= 4 is 5.69 Å². The first kappa shape index (κ1) is 11.8. The molecule has 2 heteroatoms. The van der Waals surface area contributed by atoms with E-state index in [0.29, 0.717) is 0 Å². The van der Waals surface area contributed by atoms with Gasteiger partial charge in [0, 0.05) is 30.9 Å². The van der Waals surface area contributed by atoms with E-state index in [1.807, 2.05) is 0 Å². The van der Waals surface area contributed by atoms with Crippen molar-refractivity contribution in [1.82, 2.24) is 5.32 Å². The molecular formula is C17H24N2. The second-order valence-electron chi connectivity index (χ2n) is 6.89. The van der Waals surface area contributed by atoms with Crippen molar-refractivity contribution in [1.29, 1.82) is 0 Å². The lowest BCUT2D eigenvalue weighted by Crippen LogP contribution is -2.40. The molecule has 19 heavy (non-hydrogen) atoms. The van der Waals surface area contributed by atoms with E-state index < -0.39 is 0 Å². The van der Waals surface area contributed by atoms with Gasteiger partial charge in [0.2, 0.25) is 0 Å². The number of anilines is 1. The summed E-state index contributed by atoms with van der Waals surface area (Å²) in [6, 6.07) is 10.6. The molecule has 3 heterocycles. The molecule has 0 saturated carbocycles. The van der Waals surface area contributed by atoms with E-state index in [1.54, 1.807) is 5.56 Å². The van der Waals surface area contributed by atoms with Crippen LogP contribution in [0.2, 0.25) is 0 Å². The average Bonchev–Trinajstić information content (AvgIpc) is 3.01. The Bertz CT molecular complexity index is 470. The van der Waals surface area contributed by atoms with E-state index >= 15 is 0 Å². The minimum absolute atomic E-state index is 0.793. The summed E-state index contributed by atoms with van der Waals surface area (Å²) in [6.07, 6.45) is 5.47. The van der Waals surface area contributed by atoms with Crippen LogP contribution in [0.5, 0.6) is 0 Å². The van der Waals surface area contributed by atoms with Crippen LogP contribution in [0, 0.1) is 11.8 Å². The summed E-state index contributed by atoms with van der Waals surface area (Å²) in [4.78, 5) is 2.66. The van der Waals surface area contributed by atoms with Crippen molar-refractivity contribution in [3.63, 3.8) is 0 Å². The molecule has 102 valence electrons. The van der Waals surface area contributed by atoms with Gasteiger partial charge in [0.05, 0.1) is 0 Å². The number of para-hydroxylation sites is 1. The summed E-state index contributed by atoms with van der Waals surface area (Å²) in [7, 11) is 0. The number of rotatable bonds is 2. The lowest BCUT2D eigenvalue weighted by atomic mass is 9.87. The molecule has 4 unspecified atom stereocenters. The van der Waals surface area contributed by atoms with Crippen LogP contribution in [0.1, 0.15) is 31.7 Å². The van der Waals surface area contributed by atoms with Gasteiger partial charge in [-0.15, -0.1) is 0 Å². The molecule has 1 N–H and O–H groups in total. The normalized spacial score (nSPS) is 36.6. The predicted molar refractivity (Wildman–Crippen MR) is 79.6 cm³/mol. The van der Waals surface area contributed by atoms with E-state index in [1.165, 1.54) is 44.5 Å². The molecule has 0 radical (unpaired) electrons. The molecule has 3 aliphatic heterocycles. The minimum Gasteiger partial charge on any atom is -0.371 e. The quantitative estimate of drug-likeness (QED) is 0.875. The highest BCUT2D eigenvalue weighted by Gasteiger charge is 2.40. The molecular weight excluding hydrogens is 232 g/mol. The summed E-state index contributed by atoms with van der Waals surface area (Å²) >= 11 is 0. The Morgan fingerprint density at radius 3 is 2.95 bits per heavy atom. The molecule has 4 atom stereocenters. The molecule has 2 fully saturated rings. The Kier molecular flexibility index (Phi) is 2.80. The maximum atomic E-state index is 3.78. The largest absolute Gasteiger partial charge is 0.371 e. The van der Waals surface area contributed by atoms with Gasteiger partial charge < -0.3 is 10.2 Å². The summed E-state index contributed by atoms with van der Waals surface area (Å²) in [5.41, 5.74) is 3.06. The first-order chi connectivity index (χ1) is 9.29. The predicted octanol–water partition coefficient (Wildman–Crippen LogP) is 2.83. The molecule has 0 aliphatic carbocycles. The molecule has 0 amide bonds. The summed E-state index contributed by atoms with van der Waals surface area (Å²) in [6.45, 7) is 4.89. The summed E-state index contributed by atoms with van der Waals surface area (Å²) < 4.78 is 0. The van der Waals surface area contributed by atoms with E-state index in [4.69, 9.17) is 0 Å². The number of nitrogens with zero attached hydrogens (tertiary/aromatic N) is 1. The fraction of sp³-hybridized carbons (Fsp3) is 0.647. The summed E-state index contributed by atoms with van der Waals surface area (Å²) in [5, 5.41) is 3.78. The fourth-order valence-electron chi connectivity index (χ4n) is 4.50. The number of benzene rings is 1. The fourth-order valence-corrected chi connectivity index (χ4v) is 4.50. The van der Waals surface area contributed by atoms with E-state index in [9.17, 15) is 0 Å². The van der Waals surface area contributed by atoms with Gasteiger partial charge in [-0.2, -0.15) is 0 Å². The SMILES string of the molecule is CC1Cc2ccccc2N(CC2CC3CCC2N3)C1. The van der Waals surface area contributed by atoms with Crippen molar-refractivity contribution < 1.29 is 0 Å². The second kappa shape index (κ2) is 4.52. The molecule has 2 saturated heterocycles. The van der Waals surface area contributed by atoms with Crippen molar-refractivity contribution in [2.75, 3.05) is 18.0 Å². The zero-order valence-electron chi connectivity index (χ0n) is 11.8. The van der Waals surface area contributed by atoms with Gasteiger partial charge >= 0.3 is 0 Å². The third kappa shape index (κ3) is 2.06. The maximum Gasteiger partial charge on any atom is 0.0399 e. The number of hydrogen-bond donors (Lipinski definition) is 1. The monoisotopic (exact) mass is 256 g/mol. The van der Waals surface area contributed by atoms with Gasteiger partial charge in [0.25, 0.3) is 0 Å². The Balaban J connectivity index is 1.55. The highest BCUT2D eigenvalue weighted by Crippen LogP contribution is 2.36. The molecule has 1 aromatic rings. The lowest BCUT2D eigenvalue weighted by molar-refractivity contribution is 0.390. The highest BCUT2D eigenvalue weighted by atomic mass is 15.2. The maximum absolute atomic E-state index is 3.78. The third-order valence-electron chi connectivity index (χ3n) is 5.32. The van der Waals surface area contributed by atoms with Crippen LogP contribution in [0.4, 0.5) is 5.69 Å². The standard InChI is InChI=1S/C17H24N2/c1-12-8-13-4-2-3-5-17(13)19(10-12)11-14-9-15-6-7-16(14)18-15/h2-5,12,14-16,18H,6-11H2,1H3. The number of nitrogens with one attached hydrogen (secondary N) is 1. The smallest absolute Gasteiger partial charge is 0.0399 e. The minimum atomic E-state index is 0.793. The van der Waals surface area contributed by atoms with Crippen LogP contribution >= 0.6 is 0 Å². The topological polar surface area (TPSA) is 15.3 Å². The Hall–Kier alpha value is -1.02. The molecule has 0 aromatic heterocycles. The van der Waals surface area contributed by atoms with E-state index in [-0.39, 0.29) is 0 Å². The number of hydrogen-bond acceptors (Lipinski definition) is 2. The van der Waals surface area contributed by atoms with Gasteiger partial charge in [-0.05, 0) is 49.1 Å². The van der Waals surface area contributed by atoms with Crippen molar-refractivity contribution in [2.24, 2.45) is 11.8 Å². The van der Waals surface area contributed by atoms with Crippen LogP contribution in [-0.4, -0.2) is 25.2 Å². The zero-order valence-corrected chi connectivity index (χ0v) is 11.8. The van der Waals surface area contributed by atoms with Crippen LogP contribution in [0.25, 0.3) is 0 Å². The lowest BCUT2D eigenvalue weighted by Gasteiger charge is -2.37. The van der Waals surface area contributed by atoms with E-state index in [2.05, 4.69) is 41.4 Å². The van der Waals surface area contributed by atoms with Gasteiger partial charge in [-0.3, -0.25) is 0 Å². The van der Waals surface area contributed by atoms with E-state index in [0.717, 1.165) is 23.9 Å². The molecule has 2 nitrogen and oxygen atoms in total. The first-order valence-electron chi connectivity index (χ1n) is 7.88. The van der Waals surface area contributed by atoms with Gasteiger partial charge in [0.15, 0.2) is 0 Å². The molecule has 2 bridgehead atoms. The van der Waals surface area contributed by atoms with Crippen LogP contribution in [-0.2, 0) is 6.42 Å². The van der Waals surface area contributed by atoms with Gasteiger partial charge in [-0.1, -0.05) is 25.1 Å². The third-order valence-corrected chi connectivity index (χ3v) is 5.32. The Labute approximate surface area is 116 Å². The summed E-state index contributed by atoms with van der Waals surface area (Å²) in [5.74, 6) is 1.67. The van der Waals surface area contributed by atoms with Gasteiger partial charge in [0.1, 0.15) is 0 Å². The Morgan fingerprint density at radius 2 is 2.16 bits per heavy atom. The van der Waals surface area contributed by atoms with Crippen molar-refractivity contribution in [3.8, 4) is 0 Å². The average molecular weight is 256 g/mol. The number of fused-ring (bicyclic) bond motifs is 3. The van der Waals surface area contributed by atoms with Crippen LogP contribution in [0.15, 0.2) is 24.3 Å². The molecule has 0 spiro atoms. The van der Waals surface area contributed by atoms with Crippen LogP contribution in [0.3, 0.4) is 0 Å². The van der Waals surface area contributed by atoms with Crippen molar-refractivity contribution in [2.45, 2.75) is 44.7 Å². The second-order valence-corrected chi connectivity index (χ2v) is 6.89. The molecule has 4 rings (SSSR count). The highest BCUT2D eigenvalue weighted by molar-refractivity contribution is 5.55.